The molecule has 19 heavy (non-hydrogen) atoms. The van der Waals surface area contributed by atoms with Crippen LogP contribution in [0.15, 0.2) is 12.3 Å². The smallest absolute Gasteiger partial charge is 0.328 e. The van der Waals surface area contributed by atoms with Crippen molar-refractivity contribution in [3.05, 3.63) is 17.2 Å². The Kier molecular flexibility index (Phi) is 5.01. The maximum atomic E-state index is 11.5. The van der Waals surface area contributed by atoms with E-state index in [1.54, 1.807) is 0 Å². The van der Waals surface area contributed by atoms with Gasteiger partial charge in [0.1, 0.15) is 0 Å². The first-order valence-electron chi connectivity index (χ1n) is 4.76. The number of aliphatic carboxylic acids is 1. The summed E-state index contributed by atoms with van der Waals surface area (Å²) in [4.78, 5) is 25.4. The van der Waals surface area contributed by atoms with E-state index in [0.29, 0.717) is 4.88 Å². The first-order valence-corrected chi connectivity index (χ1v) is 7.23. The van der Waals surface area contributed by atoms with Gasteiger partial charge in [0.2, 0.25) is 10.0 Å². The Morgan fingerprint density at radius 3 is 2.84 bits per heavy atom. The van der Waals surface area contributed by atoms with E-state index in [4.69, 9.17) is 5.11 Å². The quantitative estimate of drug-likeness (QED) is 0.566. The van der Waals surface area contributed by atoms with Gasteiger partial charge in [0, 0.05) is 17.2 Å². The molecule has 8 nitrogen and oxygen atoms in total. The molecule has 0 saturated heterocycles. The first-order chi connectivity index (χ1) is 8.82. The number of hydrogen-bond acceptors (Lipinski definition) is 7. The monoisotopic (exact) mass is 306 g/mol. The van der Waals surface area contributed by atoms with Crippen molar-refractivity contribution in [1.29, 1.82) is 0 Å². The molecule has 0 bridgehead atoms. The van der Waals surface area contributed by atoms with Gasteiger partial charge in [-0.2, -0.15) is 0 Å². The zero-order valence-electron chi connectivity index (χ0n) is 9.69. The summed E-state index contributed by atoms with van der Waals surface area (Å²) >= 11 is 0.933. The number of carbonyl (C=O) groups excluding carboxylic acids is 1. The van der Waals surface area contributed by atoms with Gasteiger partial charge in [-0.15, -0.1) is 0 Å². The molecular weight excluding hydrogens is 296 g/mol. The van der Waals surface area contributed by atoms with Crippen LogP contribution in [0.25, 0.3) is 6.08 Å². The fourth-order valence-electron chi connectivity index (χ4n) is 0.947. The first kappa shape index (κ1) is 15.1. The normalized spacial score (nSPS) is 11.4. The number of carboxylic acids is 1. The highest BCUT2D eigenvalue weighted by molar-refractivity contribution is 7.93. The maximum Gasteiger partial charge on any atom is 0.328 e. The average molecular weight is 306 g/mol. The highest BCUT2D eigenvalue weighted by atomic mass is 32.2. The zero-order valence-corrected chi connectivity index (χ0v) is 11.3. The van der Waals surface area contributed by atoms with Crippen LogP contribution in [-0.4, -0.2) is 43.3 Å². The topological polar surface area (TPSA) is 123 Å². The van der Waals surface area contributed by atoms with Gasteiger partial charge in [0.15, 0.2) is 10.9 Å². The van der Waals surface area contributed by atoms with Crippen LogP contribution < -0.4 is 4.72 Å². The number of ether oxygens (including phenoxy) is 1. The highest BCUT2D eigenvalue weighted by Gasteiger charge is 2.18. The minimum atomic E-state index is -3.88. The molecule has 1 rings (SSSR count). The molecule has 10 heteroatoms. The largest absolute Gasteiger partial charge is 0.478 e. The van der Waals surface area contributed by atoms with Crippen LogP contribution in [0.2, 0.25) is 0 Å². The number of sulfonamides is 1. The third-order valence-corrected chi connectivity index (χ3v) is 3.82. The van der Waals surface area contributed by atoms with E-state index in [1.165, 1.54) is 12.3 Å². The second-order valence-electron chi connectivity index (χ2n) is 3.18. The molecule has 0 saturated carbocycles. The second-order valence-corrected chi connectivity index (χ2v) is 5.96. The third kappa shape index (κ3) is 5.48. The average Bonchev–Trinajstić information content (AvgIpc) is 2.72. The lowest BCUT2D eigenvalue weighted by Crippen LogP contribution is -2.23. The Labute approximate surface area is 112 Å². The van der Waals surface area contributed by atoms with Gasteiger partial charge in [-0.05, 0) is 6.08 Å². The van der Waals surface area contributed by atoms with Crippen molar-refractivity contribution in [1.82, 2.24) is 4.98 Å². The predicted octanol–water partition coefficient (Wildman–Crippen LogP) is 0.156. The molecule has 0 spiro atoms. The highest BCUT2D eigenvalue weighted by Crippen LogP contribution is 2.20. The van der Waals surface area contributed by atoms with Crippen molar-refractivity contribution in [2.24, 2.45) is 0 Å². The number of thiazole rings is 1. The maximum absolute atomic E-state index is 11.5. The number of hydrogen-bond donors (Lipinski definition) is 2. The summed E-state index contributed by atoms with van der Waals surface area (Å²) in [7, 11) is -2.80. The molecule has 104 valence electrons. The zero-order chi connectivity index (χ0) is 14.5. The van der Waals surface area contributed by atoms with Crippen molar-refractivity contribution in [3.8, 4) is 0 Å². The standard InChI is InChI=1S/C9H10N2O6S2/c1-17-8(14)5-19(15,16)11-9-10-4-6(18-9)2-3-7(12)13/h2-4H,5H2,1H3,(H,10,11)(H,12,13)/b3-2+. The molecule has 0 aliphatic carbocycles. The van der Waals surface area contributed by atoms with Crippen molar-refractivity contribution >= 4 is 44.5 Å². The molecule has 1 aromatic rings. The van der Waals surface area contributed by atoms with Gasteiger partial charge in [0.25, 0.3) is 0 Å². The molecule has 0 aliphatic heterocycles. The lowest BCUT2D eigenvalue weighted by Gasteiger charge is -2.02. The molecule has 1 heterocycles. The summed E-state index contributed by atoms with van der Waals surface area (Å²) in [5, 5.41) is 8.46. The van der Waals surface area contributed by atoms with Gasteiger partial charge in [-0.3, -0.25) is 9.52 Å². The molecule has 0 unspecified atom stereocenters. The molecule has 2 N–H and O–H groups in total. The summed E-state index contributed by atoms with van der Waals surface area (Å²) in [5.74, 6) is -2.83. The fraction of sp³-hybridized carbons (Fsp3) is 0.222. The number of carbonyl (C=O) groups is 2. The minimum absolute atomic E-state index is 0.0361. The lowest BCUT2D eigenvalue weighted by atomic mass is 10.4. The Bertz CT molecular complexity index is 604. The summed E-state index contributed by atoms with van der Waals surface area (Å²) in [6.45, 7) is 0. The number of nitrogens with one attached hydrogen (secondary N) is 1. The number of carboxylic acid groups (broad SMARTS) is 1. The lowest BCUT2D eigenvalue weighted by molar-refractivity contribution is -0.137. The van der Waals surface area contributed by atoms with Gasteiger partial charge in [-0.1, -0.05) is 11.3 Å². The summed E-state index contributed by atoms with van der Waals surface area (Å²) in [6.07, 6.45) is 3.48. The van der Waals surface area contributed by atoms with E-state index >= 15 is 0 Å². The number of nitrogens with zero attached hydrogens (tertiary/aromatic N) is 1. The van der Waals surface area contributed by atoms with Crippen LogP contribution in [0.3, 0.4) is 0 Å². The Hall–Kier alpha value is -1.94. The van der Waals surface area contributed by atoms with E-state index in [9.17, 15) is 18.0 Å². The van der Waals surface area contributed by atoms with E-state index in [0.717, 1.165) is 24.5 Å². The summed E-state index contributed by atoms with van der Waals surface area (Å²) < 4.78 is 29.3. The molecule has 0 amide bonds. The number of esters is 1. The van der Waals surface area contributed by atoms with Crippen LogP contribution in [0, 0.1) is 0 Å². The minimum Gasteiger partial charge on any atom is -0.478 e. The number of aromatic nitrogens is 1. The summed E-state index contributed by atoms with van der Waals surface area (Å²) in [5.41, 5.74) is 0. The predicted molar refractivity (Wildman–Crippen MR) is 68.2 cm³/mol. The van der Waals surface area contributed by atoms with Crippen LogP contribution in [0.5, 0.6) is 0 Å². The third-order valence-electron chi connectivity index (χ3n) is 1.69. The molecule has 0 atom stereocenters. The van der Waals surface area contributed by atoms with Crippen LogP contribution >= 0.6 is 11.3 Å². The van der Waals surface area contributed by atoms with Crippen LogP contribution in [-0.2, 0) is 24.3 Å². The van der Waals surface area contributed by atoms with Crippen molar-refractivity contribution in [3.63, 3.8) is 0 Å². The number of anilines is 1. The van der Waals surface area contributed by atoms with Gasteiger partial charge >= 0.3 is 11.9 Å². The van der Waals surface area contributed by atoms with Crippen molar-refractivity contribution in [2.45, 2.75) is 0 Å². The summed E-state index contributed by atoms with van der Waals surface area (Å²) in [6, 6.07) is 0. The second kappa shape index (κ2) is 6.29. The van der Waals surface area contributed by atoms with Gasteiger partial charge < -0.3 is 9.84 Å². The molecule has 0 fully saturated rings. The number of rotatable bonds is 6. The Balaban J connectivity index is 2.73. The molecule has 0 aromatic carbocycles. The van der Waals surface area contributed by atoms with E-state index in [1.807, 2.05) is 0 Å². The fourth-order valence-corrected chi connectivity index (χ4v) is 2.88. The van der Waals surface area contributed by atoms with E-state index in [2.05, 4.69) is 14.4 Å². The Morgan fingerprint density at radius 1 is 1.58 bits per heavy atom. The van der Waals surface area contributed by atoms with Crippen LogP contribution in [0.4, 0.5) is 5.13 Å². The van der Waals surface area contributed by atoms with Crippen molar-refractivity contribution < 1.29 is 27.9 Å². The molecular formula is C9H10N2O6S2. The number of methoxy groups -OCH3 is 1. The van der Waals surface area contributed by atoms with Gasteiger partial charge in [0.05, 0.1) is 7.11 Å². The Morgan fingerprint density at radius 2 is 2.26 bits per heavy atom. The van der Waals surface area contributed by atoms with Gasteiger partial charge in [-0.25, -0.2) is 18.2 Å². The van der Waals surface area contributed by atoms with E-state index in [-0.39, 0.29) is 5.13 Å². The van der Waals surface area contributed by atoms with Crippen molar-refractivity contribution in [2.75, 3.05) is 17.6 Å². The molecule has 0 radical (unpaired) electrons. The molecule has 0 aliphatic rings. The van der Waals surface area contributed by atoms with Crippen LogP contribution in [0.1, 0.15) is 4.88 Å². The SMILES string of the molecule is COC(=O)CS(=O)(=O)Nc1ncc(/C=C/C(=O)O)s1. The molecule has 1 aromatic heterocycles. The van der Waals surface area contributed by atoms with E-state index < -0.39 is 27.7 Å².